The van der Waals surface area contributed by atoms with Crippen LogP contribution in [-0.2, 0) is 25.5 Å². The third-order valence-corrected chi connectivity index (χ3v) is 16.0. The van der Waals surface area contributed by atoms with Gasteiger partial charge in [0.25, 0.3) is 11.8 Å². The van der Waals surface area contributed by atoms with Crippen molar-refractivity contribution in [2.45, 2.75) is 136 Å². The lowest BCUT2D eigenvalue weighted by molar-refractivity contribution is -0.138. The van der Waals surface area contributed by atoms with E-state index in [9.17, 15) is 37.5 Å². The quantitative estimate of drug-likeness (QED) is 0.111. The van der Waals surface area contributed by atoms with Gasteiger partial charge >= 0.3 is 0 Å². The van der Waals surface area contributed by atoms with E-state index in [-0.39, 0.29) is 52.4 Å². The highest BCUT2D eigenvalue weighted by molar-refractivity contribution is 6.09. The number of benzene rings is 3. The standard InChI is InChI=1S/C40H53FN6O5.C8H8FNO.C7H15N.C5H8O.C2H6/c41-35-11-10-29(25-36(42)32-8-4-5-9-33(32)39(43)50)24-34(35)40(51)47-22-20-46(21-23-47)38(49)27-44-16-12-30(13-17-44)52-31-14-18-45(19-15-31)37(48)26-28-6-2-1-3-7-28;1-10-8(11)6-4-2-3-5-7(6)9;1-7-3-5-8(2)6-4-7;1-5(4-6)2-3-5;1-2/h4-5,8-11,24,28,30-31,42H,1-3,6-7,12-23,25-27H2,(H2,43,50);2-5H,1H3,(H,10,11);7H,3-6H2,1-2H3;4H,2-3H2,1H3;1-2H3. The Kier molecular flexibility index (Phi) is 26.2. The predicted octanol–water partition coefficient (Wildman–Crippen LogP) is 8.81. The van der Waals surface area contributed by atoms with Gasteiger partial charge < -0.3 is 45.6 Å². The van der Waals surface area contributed by atoms with Crippen LogP contribution >= 0.6 is 0 Å². The van der Waals surface area contributed by atoms with Gasteiger partial charge in [0, 0.05) is 94.5 Å². The van der Waals surface area contributed by atoms with Crippen LogP contribution in [0.3, 0.4) is 0 Å². The van der Waals surface area contributed by atoms with Crippen LogP contribution in [0.15, 0.2) is 66.7 Å². The van der Waals surface area contributed by atoms with E-state index in [0.29, 0.717) is 62.1 Å². The van der Waals surface area contributed by atoms with E-state index in [0.717, 1.165) is 76.9 Å². The second-order valence-corrected chi connectivity index (χ2v) is 22.3. The molecule has 0 spiro atoms. The minimum atomic E-state index is -0.644. The third-order valence-electron chi connectivity index (χ3n) is 16.0. The van der Waals surface area contributed by atoms with Crippen LogP contribution in [0.1, 0.15) is 160 Å². The van der Waals surface area contributed by atoms with Crippen molar-refractivity contribution in [3.05, 3.63) is 106 Å². The summed E-state index contributed by atoms with van der Waals surface area (Å²) in [4.78, 5) is 82.0. The fourth-order valence-electron chi connectivity index (χ4n) is 10.4. The molecule has 15 nitrogen and oxygen atoms in total. The number of nitrogens with zero attached hydrogens (tertiary/aromatic N) is 5. The number of carbonyl (C=O) groups excluding carboxylic acids is 6. The number of aldehydes is 1. The Morgan fingerprint density at radius 3 is 1.75 bits per heavy atom. The van der Waals surface area contributed by atoms with Gasteiger partial charge in [0.15, 0.2) is 0 Å². The second-order valence-electron chi connectivity index (χ2n) is 22.3. The topological polar surface area (TPSA) is 190 Å². The van der Waals surface area contributed by atoms with Crippen molar-refractivity contribution < 1.29 is 42.3 Å². The van der Waals surface area contributed by atoms with Crippen LogP contribution in [-0.4, -0.2) is 164 Å². The summed E-state index contributed by atoms with van der Waals surface area (Å²) in [5.74, 6) is -0.733. The molecule has 4 aliphatic heterocycles. The maximum Gasteiger partial charge on any atom is 0.256 e. The van der Waals surface area contributed by atoms with E-state index in [1.165, 1.54) is 95.4 Å². The van der Waals surface area contributed by atoms with E-state index < -0.39 is 29.4 Å². The lowest BCUT2D eigenvalue weighted by atomic mass is 9.86. The molecular weight excluding hydrogens is 1010 g/mol. The monoisotopic (exact) mass is 1100 g/mol. The van der Waals surface area contributed by atoms with Crippen LogP contribution in [0.5, 0.6) is 0 Å². The number of nitrogens with two attached hydrogens (primary N) is 1. The lowest BCUT2D eigenvalue weighted by Gasteiger charge is -2.38. The second kappa shape index (κ2) is 32.4. The van der Waals surface area contributed by atoms with Gasteiger partial charge in [-0.2, -0.15) is 0 Å². The maximum absolute atomic E-state index is 14.9. The number of primary amides is 1. The molecule has 5 amide bonds. The summed E-state index contributed by atoms with van der Waals surface area (Å²) in [7, 11) is 3.67. The minimum absolute atomic E-state index is 0.0275. The van der Waals surface area contributed by atoms with Gasteiger partial charge in [0.2, 0.25) is 17.7 Å². The van der Waals surface area contributed by atoms with Gasteiger partial charge in [-0.25, -0.2) is 8.78 Å². The average molecular weight is 1100 g/mol. The van der Waals surface area contributed by atoms with Crippen molar-refractivity contribution in [3.8, 4) is 0 Å². The highest BCUT2D eigenvalue weighted by atomic mass is 19.1. The molecule has 6 aliphatic rings. The Morgan fingerprint density at radius 2 is 1.22 bits per heavy atom. The summed E-state index contributed by atoms with van der Waals surface area (Å²) >= 11 is 0. The highest BCUT2D eigenvalue weighted by Crippen LogP contribution is 2.42. The summed E-state index contributed by atoms with van der Waals surface area (Å²) in [6.45, 7) is 15.8. The first-order chi connectivity index (χ1) is 37.9. The first-order valence-corrected chi connectivity index (χ1v) is 29.0. The average Bonchev–Trinajstić information content (AvgIpc) is 4.24. The van der Waals surface area contributed by atoms with E-state index >= 15 is 0 Å². The van der Waals surface area contributed by atoms with Gasteiger partial charge in [0.05, 0.1) is 29.9 Å². The Hall–Kier alpha value is -5.91. The Morgan fingerprint density at radius 1 is 0.684 bits per heavy atom. The number of hydrogen-bond donors (Lipinski definition) is 3. The Bertz CT molecular complexity index is 2440. The molecule has 0 atom stereocenters. The normalized spacial score (nSPS) is 19.1. The molecule has 0 radical (unpaired) electrons. The van der Waals surface area contributed by atoms with Gasteiger partial charge in [-0.1, -0.05) is 83.4 Å². The van der Waals surface area contributed by atoms with Crippen LogP contribution in [0.2, 0.25) is 0 Å². The van der Waals surface area contributed by atoms with E-state index in [1.807, 2.05) is 25.7 Å². The molecule has 0 bridgehead atoms. The molecule has 2 aliphatic carbocycles. The van der Waals surface area contributed by atoms with Gasteiger partial charge in [0.1, 0.15) is 17.9 Å². The SMILES string of the molecule is CC.CC1(C=O)CC1.CC1CCN(C)CC1.CNC(=O)c1ccccc1F.N=C(Cc1ccc(F)c(C(=O)N2CCN(C(=O)CN3CCC(OC4CCN(C(=O)CC5CCCCC5)CC4)CC3)CC2)c1)c1ccccc1C(N)=O. The van der Waals surface area contributed by atoms with Crippen LogP contribution in [0, 0.1) is 34.3 Å². The van der Waals surface area contributed by atoms with E-state index in [1.54, 1.807) is 46.2 Å². The fraction of sp³-hybridized carbons (Fsp3) is 0.597. The van der Waals surface area contributed by atoms with Gasteiger partial charge in [-0.15, -0.1) is 0 Å². The molecule has 17 heteroatoms. The first kappa shape index (κ1) is 63.9. The van der Waals surface area contributed by atoms with Crippen molar-refractivity contribution in [2.75, 3.05) is 86.1 Å². The number of amides is 5. The Labute approximate surface area is 468 Å². The molecular formula is C62H90F2N8O7. The molecule has 9 rings (SSSR count). The first-order valence-electron chi connectivity index (χ1n) is 29.0. The fourth-order valence-corrected chi connectivity index (χ4v) is 10.4. The summed E-state index contributed by atoms with van der Waals surface area (Å²) < 4.78 is 34.1. The minimum Gasteiger partial charge on any atom is -0.375 e. The number of rotatable bonds is 13. The summed E-state index contributed by atoms with van der Waals surface area (Å²) in [6, 6.07) is 16.7. The molecule has 434 valence electrons. The predicted molar refractivity (Wildman–Crippen MR) is 306 cm³/mol. The number of piperazine rings is 1. The van der Waals surface area contributed by atoms with Crippen LogP contribution in [0.4, 0.5) is 8.78 Å². The number of nitrogens with one attached hydrogen (secondary N) is 2. The molecule has 6 fully saturated rings. The highest BCUT2D eigenvalue weighted by Gasteiger charge is 2.36. The van der Waals surface area contributed by atoms with Crippen molar-refractivity contribution >= 4 is 41.5 Å². The van der Waals surface area contributed by atoms with Gasteiger partial charge in [-0.05, 0) is 132 Å². The van der Waals surface area contributed by atoms with Crippen LogP contribution < -0.4 is 11.1 Å². The summed E-state index contributed by atoms with van der Waals surface area (Å²) in [5.41, 5.74) is 6.93. The largest absolute Gasteiger partial charge is 0.375 e. The molecule has 4 heterocycles. The summed E-state index contributed by atoms with van der Waals surface area (Å²) in [5, 5.41) is 10.9. The van der Waals surface area contributed by atoms with E-state index in [2.05, 4.69) is 29.1 Å². The summed E-state index contributed by atoms with van der Waals surface area (Å²) in [6.07, 6.45) is 17.0. The molecule has 4 N–H and O–H groups in total. The zero-order chi connectivity index (χ0) is 57.5. The number of carbonyl (C=O) groups is 6. The number of piperidine rings is 3. The lowest BCUT2D eigenvalue weighted by Crippen LogP contribution is -2.53. The number of hydrogen-bond acceptors (Lipinski definition) is 10. The zero-order valence-electron chi connectivity index (χ0n) is 48.0. The van der Waals surface area contributed by atoms with Crippen molar-refractivity contribution in [3.63, 3.8) is 0 Å². The van der Waals surface area contributed by atoms with E-state index in [4.69, 9.17) is 15.9 Å². The molecule has 3 aromatic carbocycles. The number of ether oxygens (including phenoxy) is 1. The molecule has 0 aromatic heterocycles. The van der Waals surface area contributed by atoms with Crippen molar-refractivity contribution in [1.82, 2.24) is 29.8 Å². The van der Waals surface area contributed by atoms with Gasteiger partial charge in [-0.3, -0.25) is 28.9 Å². The molecule has 0 unspecified atom stereocenters. The number of likely N-dealkylation sites (tertiary alicyclic amines) is 3. The molecule has 79 heavy (non-hydrogen) atoms. The van der Waals surface area contributed by atoms with Crippen molar-refractivity contribution in [1.29, 1.82) is 5.41 Å². The molecule has 2 saturated carbocycles. The molecule has 3 aromatic rings. The zero-order valence-corrected chi connectivity index (χ0v) is 48.0. The smallest absolute Gasteiger partial charge is 0.256 e. The Balaban J connectivity index is 0.000000343. The maximum atomic E-state index is 14.9. The molecule has 4 saturated heterocycles. The van der Waals surface area contributed by atoms with Crippen LogP contribution in [0.25, 0.3) is 0 Å². The number of halogens is 2. The third kappa shape index (κ3) is 20.6. The van der Waals surface area contributed by atoms with Crippen molar-refractivity contribution in [2.24, 2.45) is 23.0 Å².